The fourth-order valence-corrected chi connectivity index (χ4v) is 9.69. The topological polar surface area (TPSA) is 87.5 Å². The number of aryl methyl sites for hydroxylation is 1. The highest BCUT2D eigenvalue weighted by molar-refractivity contribution is 7.92. The lowest BCUT2D eigenvalue weighted by molar-refractivity contribution is 0.0606. The highest BCUT2D eigenvalue weighted by Crippen LogP contribution is 2.45. The number of hydrogen-bond acceptors (Lipinski definition) is 5. The van der Waals surface area contributed by atoms with Gasteiger partial charge in [0.2, 0.25) is 10.0 Å². The molecule has 3 fully saturated rings. The van der Waals surface area contributed by atoms with Gasteiger partial charge in [-0.3, -0.25) is 14.4 Å². The van der Waals surface area contributed by atoms with E-state index in [1.165, 1.54) is 36.6 Å². The highest BCUT2D eigenvalue weighted by Gasteiger charge is 2.44. The molecule has 0 unspecified atom stereocenters. The van der Waals surface area contributed by atoms with Crippen molar-refractivity contribution in [3.8, 4) is 0 Å². The molecule has 3 aromatic carbocycles. The van der Waals surface area contributed by atoms with E-state index in [1.807, 2.05) is 12.1 Å². The van der Waals surface area contributed by atoms with Crippen LogP contribution in [0, 0.1) is 12.7 Å². The summed E-state index contributed by atoms with van der Waals surface area (Å²) in [5.74, 6) is 0.502. The number of likely N-dealkylation sites (tertiary alicyclic amines) is 1. The predicted molar refractivity (Wildman–Crippen MR) is 189 cm³/mol. The molecule has 4 heterocycles. The Labute approximate surface area is 291 Å². The van der Waals surface area contributed by atoms with Crippen molar-refractivity contribution in [1.82, 2.24) is 19.4 Å². The van der Waals surface area contributed by atoms with E-state index in [1.54, 1.807) is 17.0 Å². The van der Waals surface area contributed by atoms with Crippen LogP contribution in [0.1, 0.15) is 72.7 Å². The molecule has 12 heteroatoms. The fourth-order valence-electron chi connectivity index (χ4n) is 8.62. The quantitative estimate of drug-likeness (QED) is 0.204. The van der Waals surface area contributed by atoms with Crippen LogP contribution in [0.2, 0.25) is 10.0 Å². The lowest BCUT2D eigenvalue weighted by atomic mass is 9.70. The summed E-state index contributed by atoms with van der Waals surface area (Å²) in [6, 6.07) is 19.6. The third-order valence-corrected chi connectivity index (χ3v) is 12.1. The van der Waals surface area contributed by atoms with Gasteiger partial charge in [-0.25, -0.2) is 17.8 Å². The van der Waals surface area contributed by atoms with Gasteiger partial charge in [-0.15, -0.1) is 0 Å². The third-order valence-electron chi connectivity index (χ3n) is 10.9. The molecule has 0 aliphatic carbocycles. The van der Waals surface area contributed by atoms with Gasteiger partial charge >= 0.3 is 0 Å². The number of piperidine rings is 2. The number of aromatic nitrogens is 2. The Morgan fingerprint density at radius 3 is 2.40 bits per heavy atom. The van der Waals surface area contributed by atoms with Crippen molar-refractivity contribution >= 4 is 55.9 Å². The van der Waals surface area contributed by atoms with E-state index in [-0.39, 0.29) is 38.4 Å². The number of imidazole rings is 1. The van der Waals surface area contributed by atoms with Crippen LogP contribution in [0.4, 0.5) is 10.1 Å². The number of sulfonamides is 1. The van der Waals surface area contributed by atoms with Crippen LogP contribution in [-0.4, -0.2) is 71.6 Å². The van der Waals surface area contributed by atoms with Gasteiger partial charge in [-0.1, -0.05) is 47.5 Å². The zero-order chi connectivity index (χ0) is 33.8. The Kier molecular flexibility index (Phi) is 8.98. The lowest BCUT2D eigenvalue weighted by Gasteiger charge is -2.45. The van der Waals surface area contributed by atoms with E-state index in [9.17, 15) is 17.6 Å². The zero-order valence-electron chi connectivity index (χ0n) is 27.1. The van der Waals surface area contributed by atoms with Gasteiger partial charge in [0.15, 0.2) is 0 Å². The number of benzene rings is 3. The minimum absolute atomic E-state index is 0.00885. The second-order valence-electron chi connectivity index (χ2n) is 13.8. The van der Waals surface area contributed by atoms with Gasteiger partial charge in [-0.2, -0.15) is 0 Å². The maximum Gasteiger partial charge on any atom is 0.255 e. The molecule has 2 bridgehead atoms. The van der Waals surface area contributed by atoms with Crippen molar-refractivity contribution in [2.24, 2.45) is 0 Å². The second kappa shape index (κ2) is 12.9. The summed E-state index contributed by atoms with van der Waals surface area (Å²) in [5.41, 5.74) is 3.15. The van der Waals surface area contributed by atoms with Crippen LogP contribution in [0.25, 0.3) is 11.0 Å². The molecule has 0 saturated carbocycles. The number of nitrogens with zero attached hydrogens (tertiary/aromatic N) is 4. The molecule has 1 N–H and O–H groups in total. The summed E-state index contributed by atoms with van der Waals surface area (Å²) in [6.07, 6.45) is 7.74. The van der Waals surface area contributed by atoms with Gasteiger partial charge < -0.3 is 9.47 Å². The monoisotopic (exact) mass is 711 g/mol. The molecule has 3 saturated heterocycles. The number of para-hydroxylation sites is 2. The van der Waals surface area contributed by atoms with Crippen LogP contribution in [0.15, 0.2) is 60.7 Å². The van der Waals surface area contributed by atoms with E-state index in [0.29, 0.717) is 44.1 Å². The Morgan fingerprint density at radius 2 is 1.71 bits per heavy atom. The second-order valence-corrected chi connectivity index (χ2v) is 16.4. The normalized spacial score (nSPS) is 22.7. The van der Waals surface area contributed by atoms with Crippen LogP contribution < -0.4 is 4.72 Å². The van der Waals surface area contributed by atoms with E-state index in [0.717, 1.165) is 49.0 Å². The molecule has 1 amide bonds. The van der Waals surface area contributed by atoms with E-state index in [2.05, 4.69) is 39.3 Å². The Morgan fingerprint density at radius 1 is 1.00 bits per heavy atom. The summed E-state index contributed by atoms with van der Waals surface area (Å²) >= 11 is 12.8. The number of halogens is 3. The van der Waals surface area contributed by atoms with Gasteiger partial charge in [0, 0.05) is 36.2 Å². The van der Waals surface area contributed by atoms with Crippen LogP contribution in [0.3, 0.4) is 0 Å². The summed E-state index contributed by atoms with van der Waals surface area (Å²) in [7, 11) is -3.63. The molecular weight excluding hydrogens is 672 g/mol. The molecule has 1 aromatic heterocycles. The zero-order valence-corrected chi connectivity index (χ0v) is 29.5. The SMILES string of the molecule is Cc1nc2ccccc2n1[C@H]1C[C@H]2CC[C@@H](C1)N2CCC1(c2cccc(F)c2)CCN(C(=O)c2cc(Cl)cc(NS(C)(=O)=O)c2Cl)CC1. The van der Waals surface area contributed by atoms with E-state index in [4.69, 9.17) is 28.2 Å². The number of hydrogen-bond donors (Lipinski definition) is 1. The van der Waals surface area contributed by atoms with Gasteiger partial charge in [0.25, 0.3) is 5.91 Å². The first-order valence-corrected chi connectivity index (χ1v) is 19.3. The third kappa shape index (κ3) is 6.44. The van der Waals surface area contributed by atoms with Gasteiger partial charge in [-0.05, 0) is 106 Å². The van der Waals surface area contributed by atoms with Crippen molar-refractivity contribution in [3.05, 3.63) is 93.5 Å². The van der Waals surface area contributed by atoms with Gasteiger partial charge in [0.1, 0.15) is 11.6 Å². The maximum absolute atomic E-state index is 14.6. The van der Waals surface area contributed by atoms with Gasteiger partial charge in [0.05, 0.1) is 33.6 Å². The van der Waals surface area contributed by atoms with Crippen LogP contribution in [0.5, 0.6) is 0 Å². The van der Waals surface area contributed by atoms with Crippen molar-refractivity contribution in [1.29, 1.82) is 0 Å². The molecule has 3 aliphatic rings. The van der Waals surface area contributed by atoms with E-state index >= 15 is 0 Å². The first kappa shape index (κ1) is 33.3. The average Bonchev–Trinajstić information content (AvgIpc) is 3.51. The minimum Gasteiger partial charge on any atom is -0.339 e. The number of carbonyl (C=O) groups is 1. The number of anilines is 1. The highest BCUT2D eigenvalue weighted by atomic mass is 35.5. The fraction of sp³-hybridized carbons (Fsp3) is 0.444. The maximum atomic E-state index is 14.6. The van der Waals surface area contributed by atoms with Crippen LogP contribution >= 0.6 is 23.2 Å². The Hall–Kier alpha value is -3.18. The molecule has 3 aliphatic heterocycles. The molecule has 254 valence electrons. The lowest BCUT2D eigenvalue weighted by Crippen LogP contribution is -2.49. The van der Waals surface area contributed by atoms with Crippen LogP contribution in [-0.2, 0) is 15.4 Å². The molecule has 7 rings (SSSR count). The van der Waals surface area contributed by atoms with Crippen molar-refractivity contribution < 1.29 is 17.6 Å². The summed E-state index contributed by atoms with van der Waals surface area (Å²) in [4.78, 5) is 23.0. The smallest absolute Gasteiger partial charge is 0.255 e. The van der Waals surface area contributed by atoms with Crippen molar-refractivity contribution in [2.75, 3.05) is 30.6 Å². The van der Waals surface area contributed by atoms with Crippen molar-refractivity contribution in [3.63, 3.8) is 0 Å². The number of amides is 1. The molecule has 4 aromatic rings. The summed E-state index contributed by atoms with van der Waals surface area (Å²) < 4.78 is 43.2. The summed E-state index contributed by atoms with van der Waals surface area (Å²) in [5, 5.41) is 0.212. The van der Waals surface area contributed by atoms with Crippen molar-refractivity contribution in [2.45, 2.75) is 75.4 Å². The molecule has 0 radical (unpaired) electrons. The summed E-state index contributed by atoms with van der Waals surface area (Å²) in [6.45, 7) is 3.93. The predicted octanol–water partition coefficient (Wildman–Crippen LogP) is 7.59. The Balaban J connectivity index is 1.08. The van der Waals surface area contributed by atoms with E-state index < -0.39 is 10.0 Å². The molecule has 0 spiro atoms. The molecule has 8 nitrogen and oxygen atoms in total. The molecule has 3 atom stereocenters. The standard InChI is InChI=1S/C36H40Cl2FN5O3S/c1-23-40-31-8-3-4-9-33(31)44(23)29-21-27-10-11-28(22-29)43(27)17-14-36(24-6-5-7-26(39)18-24)12-15-42(16-13-36)35(45)30-19-25(37)20-32(34(30)38)41-48(2,46)47/h3-9,18-20,27-29,41H,10-17,21-22H2,1-2H3/t27-,28+,29+. The Bertz CT molecular complexity index is 1960. The number of nitrogens with one attached hydrogen (secondary N) is 1. The minimum atomic E-state index is -3.63. The number of carbonyl (C=O) groups excluding carboxylic acids is 1. The first-order chi connectivity index (χ1) is 22.9. The molecular formula is C36H40Cl2FN5O3S. The number of fused-ring (bicyclic) bond motifs is 3. The average molecular weight is 713 g/mol. The first-order valence-electron chi connectivity index (χ1n) is 16.6. The molecule has 48 heavy (non-hydrogen) atoms. The number of rotatable bonds is 8. The largest absolute Gasteiger partial charge is 0.339 e.